The van der Waals surface area contributed by atoms with Crippen molar-refractivity contribution in [1.82, 2.24) is 14.7 Å². The highest BCUT2D eigenvalue weighted by Crippen LogP contribution is 2.24. The largest absolute Gasteiger partial charge is 0.343 e. The van der Waals surface area contributed by atoms with Crippen LogP contribution >= 0.6 is 35.0 Å². The third kappa shape index (κ3) is 6.64. The molecule has 7 heteroatoms. The molecule has 0 aliphatic rings. The maximum absolute atomic E-state index is 6.15. The van der Waals surface area contributed by atoms with Crippen LogP contribution in [-0.4, -0.2) is 26.1 Å². The van der Waals surface area contributed by atoms with Gasteiger partial charge in [-0.25, -0.2) is 4.99 Å². The molecule has 4 rings (SSSR count). The average molecular weight is 495 g/mol. The smallest absolute Gasteiger partial charge is 0.164 e. The summed E-state index contributed by atoms with van der Waals surface area (Å²) >= 11 is 13.8. The van der Waals surface area contributed by atoms with E-state index in [9.17, 15) is 0 Å². The second-order valence-electron chi connectivity index (χ2n) is 7.57. The van der Waals surface area contributed by atoms with Gasteiger partial charge in [0, 0.05) is 13.1 Å². The topological polar surface area (TPSA) is 33.4 Å². The molecule has 1 heterocycles. The lowest BCUT2D eigenvalue weighted by molar-refractivity contribution is 0.415. The molecule has 33 heavy (non-hydrogen) atoms. The lowest BCUT2D eigenvalue weighted by Gasteiger charge is -2.25. The van der Waals surface area contributed by atoms with E-state index in [0.29, 0.717) is 16.6 Å². The van der Waals surface area contributed by atoms with Crippen molar-refractivity contribution in [3.8, 4) is 0 Å². The molecular weight excluding hydrogens is 471 g/mol. The van der Waals surface area contributed by atoms with Gasteiger partial charge >= 0.3 is 0 Å². The number of hydrogen-bond donors (Lipinski definition) is 0. The van der Waals surface area contributed by atoms with E-state index >= 15 is 0 Å². The summed E-state index contributed by atoms with van der Waals surface area (Å²) in [5.74, 6) is 0. The maximum atomic E-state index is 6.15. The Morgan fingerprint density at radius 2 is 1.52 bits per heavy atom. The zero-order chi connectivity index (χ0) is 23.0. The average Bonchev–Trinajstić information content (AvgIpc) is 3.27. The molecule has 0 unspecified atom stereocenters. The summed E-state index contributed by atoms with van der Waals surface area (Å²) in [6.45, 7) is 2.14. The Morgan fingerprint density at radius 1 is 0.879 bits per heavy atom. The van der Waals surface area contributed by atoms with E-state index in [4.69, 9.17) is 28.2 Å². The predicted octanol–water partition coefficient (Wildman–Crippen LogP) is 7.29. The molecule has 0 aliphatic heterocycles. The quantitative estimate of drug-likeness (QED) is 0.199. The molecule has 3 aromatic carbocycles. The molecule has 0 fully saturated rings. The van der Waals surface area contributed by atoms with E-state index in [1.807, 2.05) is 35.1 Å². The first-order valence-electron chi connectivity index (χ1n) is 10.5. The number of rotatable bonds is 7. The minimum Gasteiger partial charge on any atom is -0.343 e. The van der Waals surface area contributed by atoms with E-state index in [-0.39, 0.29) is 0 Å². The van der Waals surface area contributed by atoms with Crippen LogP contribution in [0.5, 0.6) is 0 Å². The monoisotopic (exact) mass is 494 g/mol. The highest BCUT2D eigenvalue weighted by molar-refractivity contribution is 8.13. The fourth-order valence-corrected chi connectivity index (χ4v) is 4.38. The molecule has 168 valence electrons. The van der Waals surface area contributed by atoms with Crippen molar-refractivity contribution >= 4 is 45.8 Å². The van der Waals surface area contributed by atoms with Crippen molar-refractivity contribution in [2.75, 3.05) is 6.26 Å². The molecule has 0 amide bonds. The van der Waals surface area contributed by atoms with Gasteiger partial charge < -0.3 is 4.90 Å². The Labute approximate surface area is 208 Å². The third-order valence-electron chi connectivity index (χ3n) is 5.06. The zero-order valence-electron chi connectivity index (χ0n) is 18.2. The summed E-state index contributed by atoms with van der Waals surface area (Å²) in [5, 5.41) is 6.52. The fraction of sp³-hybridized carbons (Fsp3) is 0.154. The lowest BCUT2D eigenvalue weighted by atomic mass is 10.2. The fourth-order valence-electron chi connectivity index (χ4n) is 3.48. The first kappa shape index (κ1) is 23.4. The van der Waals surface area contributed by atoms with Crippen molar-refractivity contribution in [1.29, 1.82) is 0 Å². The molecular formula is C26H24Cl2N4S. The van der Waals surface area contributed by atoms with Gasteiger partial charge in [0.2, 0.25) is 0 Å². The Hall–Kier alpha value is -2.73. The van der Waals surface area contributed by atoms with Crippen LogP contribution in [0.3, 0.4) is 0 Å². The zero-order valence-corrected chi connectivity index (χ0v) is 20.6. The Kier molecular flexibility index (Phi) is 8.10. The minimum atomic E-state index is 0.543. The number of aromatic nitrogens is 2. The second kappa shape index (κ2) is 11.4. The number of halogens is 2. The predicted molar refractivity (Wildman–Crippen MR) is 141 cm³/mol. The SMILES string of the molecule is CSC(=Nc1cnn(Cc2ccc(Cl)c(Cl)c2)c1)N(Cc1ccccc1)Cc1ccccc1. The molecule has 0 bridgehead atoms. The Morgan fingerprint density at radius 3 is 2.09 bits per heavy atom. The van der Waals surface area contributed by atoms with Gasteiger partial charge in [0.1, 0.15) is 5.69 Å². The van der Waals surface area contributed by atoms with Crippen molar-refractivity contribution in [3.05, 3.63) is 118 Å². The van der Waals surface area contributed by atoms with Crippen LogP contribution in [0.2, 0.25) is 10.0 Å². The molecule has 4 nitrogen and oxygen atoms in total. The molecule has 0 saturated heterocycles. The molecule has 1 aromatic heterocycles. The number of benzene rings is 3. The summed E-state index contributed by atoms with van der Waals surface area (Å²) in [7, 11) is 0. The first-order valence-corrected chi connectivity index (χ1v) is 12.5. The van der Waals surface area contributed by atoms with Gasteiger partial charge in [0.15, 0.2) is 5.17 Å². The number of hydrogen-bond acceptors (Lipinski definition) is 3. The molecule has 0 radical (unpaired) electrons. The van der Waals surface area contributed by atoms with Gasteiger partial charge in [0.25, 0.3) is 0 Å². The van der Waals surface area contributed by atoms with E-state index in [1.165, 1.54) is 11.1 Å². The minimum absolute atomic E-state index is 0.543. The van der Waals surface area contributed by atoms with Crippen molar-refractivity contribution < 1.29 is 0 Å². The van der Waals surface area contributed by atoms with Crippen LogP contribution in [0.1, 0.15) is 16.7 Å². The molecule has 4 aromatic rings. The maximum Gasteiger partial charge on any atom is 0.164 e. The van der Waals surface area contributed by atoms with E-state index < -0.39 is 0 Å². The standard InChI is InChI=1S/C26H24Cl2N4S/c1-33-26(30-23-15-29-32(19-23)18-22-12-13-24(27)25(28)14-22)31(16-20-8-4-2-5-9-20)17-21-10-6-3-7-11-21/h2-15,19H,16-18H2,1H3. The summed E-state index contributed by atoms with van der Waals surface area (Å²) in [4.78, 5) is 7.24. The second-order valence-corrected chi connectivity index (χ2v) is 9.16. The number of nitrogens with zero attached hydrogens (tertiary/aromatic N) is 4. The van der Waals surface area contributed by atoms with Crippen LogP contribution < -0.4 is 0 Å². The van der Waals surface area contributed by atoms with Gasteiger partial charge in [-0.05, 0) is 35.1 Å². The van der Waals surface area contributed by atoms with Crippen LogP contribution in [0.4, 0.5) is 5.69 Å². The van der Waals surface area contributed by atoms with Gasteiger partial charge in [-0.3, -0.25) is 4.68 Å². The first-order chi connectivity index (χ1) is 16.1. The van der Waals surface area contributed by atoms with E-state index in [0.717, 1.165) is 29.5 Å². The van der Waals surface area contributed by atoms with Crippen LogP contribution in [-0.2, 0) is 19.6 Å². The van der Waals surface area contributed by atoms with Crippen molar-refractivity contribution in [2.24, 2.45) is 4.99 Å². The third-order valence-corrected chi connectivity index (χ3v) is 6.51. The number of amidine groups is 1. The summed E-state index contributed by atoms with van der Waals surface area (Å²) in [6, 6.07) is 26.5. The Balaban J connectivity index is 1.56. The van der Waals surface area contributed by atoms with Gasteiger partial charge in [0.05, 0.1) is 29.0 Å². The number of thioether (sulfide) groups is 1. The summed E-state index contributed by atoms with van der Waals surface area (Å²) < 4.78 is 1.86. The lowest BCUT2D eigenvalue weighted by Crippen LogP contribution is -2.27. The number of aliphatic imine (C=N–C) groups is 1. The summed E-state index contributed by atoms with van der Waals surface area (Å²) in [6.07, 6.45) is 5.79. The molecule has 0 saturated carbocycles. The van der Waals surface area contributed by atoms with Gasteiger partial charge in [-0.15, -0.1) is 0 Å². The van der Waals surface area contributed by atoms with E-state index in [1.54, 1.807) is 24.0 Å². The van der Waals surface area contributed by atoms with Crippen LogP contribution in [0, 0.1) is 0 Å². The van der Waals surface area contributed by atoms with Gasteiger partial charge in [-0.2, -0.15) is 5.10 Å². The highest BCUT2D eigenvalue weighted by Gasteiger charge is 2.13. The normalized spacial score (nSPS) is 11.5. The molecule has 0 N–H and O–H groups in total. The van der Waals surface area contributed by atoms with Crippen LogP contribution in [0.25, 0.3) is 0 Å². The highest BCUT2D eigenvalue weighted by atomic mass is 35.5. The Bertz CT molecular complexity index is 1170. The van der Waals surface area contributed by atoms with Gasteiger partial charge in [-0.1, -0.05) is 102 Å². The molecule has 0 atom stereocenters. The molecule has 0 aliphatic carbocycles. The van der Waals surface area contributed by atoms with Crippen molar-refractivity contribution in [2.45, 2.75) is 19.6 Å². The van der Waals surface area contributed by atoms with E-state index in [2.05, 4.69) is 64.8 Å². The van der Waals surface area contributed by atoms with Crippen molar-refractivity contribution in [3.63, 3.8) is 0 Å². The summed E-state index contributed by atoms with van der Waals surface area (Å²) in [5.41, 5.74) is 4.32. The van der Waals surface area contributed by atoms with Crippen LogP contribution in [0.15, 0.2) is 96.2 Å². The molecule has 0 spiro atoms.